The molecule has 0 spiro atoms. The number of hydrogen-bond acceptors (Lipinski definition) is 5. The van der Waals surface area contributed by atoms with Crippen molar-refractivity contribution in [1.29, 1.82) is 0 Å². The van der Waals surface area contributed by atoms with Crippen molar-refractivity contribution in [2.24, 2.45) is 5.73 Å². The highest BCUT2D eigenvalue weighted by Crippen LogP contribution is 2.14. The van der Waals surface area contributed by atoms with Crippen molar-refractivity contribution in [3.63, 3.8) is 0 Å². The van der Waals surface area contributed by atoms with Crippen molar-refractivity contribution in [3.05, 3.63) is 18.0 Å². The predicted octanol–water partition coefficient (Wildman–Crippen LogP) is 0.550. The SMILES string of the molecule is CCC1CN(c2ncc(CN)cn2)CCO1. The zero-order valence-corrected chi connectivity index (χ0v) is 9.59. The van der Waals surface area contributed by atoms with Crippen molar-refractivity contribution in [2.45, 2.75) is 26.0 Å². The molecule has 1 fully saturated rings. The predicted molar refractivity (Wildman–Crippen MR) is 62.2 cm³/mol. The lowest BCUT2D eigenvalue weighted by Gasteiger charge is -2.32. The summed E-state index contributed by atoms with van der Waals surface area (Å²) < 4.78 is 5.61. The smallest absolute Gasteiger partial charge is 0.225 e. The van der Waals surface area contributed by atoms with Crippen molar-refractivity contribution < 1.29 is 4.74 Å². The van der Waals surface area contributed by atoms with Crippen LogP contribution in [0, 0.1) is 0 Å². The summed E-state index contributed by atoms with van der Waals surface area (Å²) in [5.74, 6) is 0.777. The molecule has 2 rings (SSSR count). The summed E-state index contributed by atoms with van der Waals surface area (Å²) in [4.78, 5) is 10.8. The quantitative estimate of drug-likeness (QED) is 0.809. The molecule has 1 aliphatic rings. The first-order valence-corrected chi connectivity index (χ1v) is 5.71. The fourth-order valence-corrected chi connectivity index (χ4v) is 1.76. The summed E-state index contributed by atoms with van der Waals surface area (Å²) in [5.41, 5.74) is 6.47. The second kappa shape index (κ2) is 5.23. The second-order valence-corrected chi connectivity index (χ2v) is 3.94. The van der Waals surface area contributed by atoms with E-state index in [1.807, 2.05) is 0 Å². The molecule has 0 bridgehead atoms. The van der Waals surface area contributed by atoms with Gasteiger partial charge in [-0.2, -0.15) is 0 Å². The number of hydrogen-bond donors (Lipinski definition) is 1. The molecule has 1 aromatic heterocycles. The number of rotatable bonds is 3. The van der Waals surface area contributed by atoms with E-state index in [1.54, 1.807) is 12.4 Å². The fourth-order valence-electron chi connectivity index (χ4n) is 1.76. The van der Waals surface area contributed by atoms with Gasteiger partial charge in [0.2, 0.25) is 5.95 Å². The minimum Gasteiger partial charge on any atom is -0.375 e. The normalized spacial score (nSPS) is 21.1. The maximum Gasteiger partial charge on any atom is 0.225 e. The zero-order valence-electron chi connectivity index (χ0n) is 9.59. The number of anilines is 1. The second-order valence-electron chi connectivity index (χ2n) is 3.94. The third kappa shape index (κ3) is 2.48. The Bertz CT molecular complexity index is 327. The monoisotopic (exact) mass is 222 g/mol. The van der Waals surface area contributed by atoms with Gasteiger partial charge in [0.05, 0.1) is 12.7 Å². The van der Waals surface area contributed by atoms with Gasteiger partial charge in [-0.3, -0.25) is 0 Å². The molecule has 16 heavy (non-hydrogen) atoms. The van der Waals surface area contributed by atoms with Crippen LogP contribution in [0.3, 0.4) is 0 Å². The van der Waals surface area contributed by atoms with Crippen molar-refractivity contribution in [3.8, 4) is 0 Å². The maximum absolute atomic E-state index is 5.61. The van der Waals surface area contributed by atoms with E-state index in [0.29, 0.717) is 12.6 Å². The van der Waals surface area contributed by atoms with E-state index < -0.39 is 0 Å². The molecule has 1 atom stereocenters. The van der Waals surface area contributed by atoms with Crippen molar-refractivity contribution >= 4 is 5.95 Å². The van der Waals surface area contributed by atoms with Gasteiger partial charge < -0.3 is 15.4 Å². The van der Waals surface area contributed by atoms with E-state index in [1.165, 1.54) is 0 Å². The molecule has 0 saturated carbocycles. The summed E-state index contributed by atoms with van der Waals surface area (Å²) in [7, 11) is 0. The van der Waals surface area contributed by atoms with Gasteiger partial charge in [0.15, 0.2) is 0 Å². The lowest BCUT2D eigenvalue weighted by Crippen LogP contribution is -2.43. The average Bonchev–Trinajstić information content (AvgIpc) is 2.39. The largest absolute Gasteiger partial charge is 0.375 e. The van der Waals surface area contributed by atoms with Gasteiger partial charge in [-0.25, -0.2) is 9.97 Å². The summed E-state index contributed by atoms with van der Waals surface area (Å²) in [5, 5.41) is 0. The van der Waals surface area contributed by atoms with Gasteiger partial charge in [0.25, 0.3) is 0 Å². The molecule has 1 aliphatic heterocycles. The van der Waals surface area contributed by atoms with Crippen LogP contribution in [0.25, 0.3) is 0 Å². The topological polar surface area (TPSA) is 64.3 Å². The molecule has 88 valence electrons. The minimum atomic E-state index is 0.298. The van der Waals surface area contributed by atoms with Gasteiger partial charge in [0.1, 0.15) is 0 Å². The molecule has 2 N–H and O–H groups in total. The Morgan fingerprint density at radius 3 is 2.88 bits per heavy atom. The molecule has 1 aromatic rings. The summed E-state index contributed by atoms with van der Waals surface area (Å²) >= 11 is 0. The Morgan fingerprint density at radius 1 is 1.50 bits per heavy atom. The number of nitrogens with zero attached hydrogens (tertiary/aromatic N) is 3. The third-order valence-electron chi connectivity index (χ3n) is 2.80. The Hall–Kier alpha value is -1.20. The van der Waals surface area contributed by atoms with Crippen LogP contribution in [-0.2, 0) is 11.3 Å². The lowest BCUT2D eigenvalue weighted by atomic mass is 10.2. The van der Waals surface area contributed by atoms with E-state index in [0.717, 1.165) is 37.6 Å². The van der Waals surface area contributed by atoms with Gasteiger partial charge in [-0.05, 0) is 6.42 Å². The Balaban J connectivity index is 2.05. The third-order valence-corrected chi connectivity index (χ3v) is 2.80. The van der Waals surface area contributed by atoms with E-state index in [-0.39, 0.29) is 0 Å². The minimum absolute atomic E-state index is 0.298. The van der Waals surface area contributed by atoms with Crippen LogP contribution in [-0.4, -0.2) is 35.8 Å². The highest BCUT2D eigenvalue weighted by Gasteiger charge is 2.20. The molecular weight excluding hydrogens is 204 g/mol. The standard InChI is InChI=1S/C11H18N4O/c1-2-10-8-15(3-4-16-10)11-13-6-9(5-12)7-14-11/h6-7,10H,2-5,8,12H2,1H3. The highest BCUT2D eigenvalue weighted by molar-refractivity contribution is 5.30. The Kier molecular flexibility index (Phi) is 3.69. The van der Waals surface area contributed by atoms with E-state index in [2.05, 4.69) is 21.8 Å². The summed E-state index contributed by atoms with van der Waals surface area (Å²) in [6.45, 7) is 5.10. The van der Waals surface area contributed by atoms with Gasteiger partial charge in [0, 0.05) is 37.6 Å². The first-order chi connectivity index (χ1) is 7.83. The average molecular weight is 222 g/mol. The first-order valence-electron chi connectivity index (χ1n) is 5.71. The number of ether oxygens (including phenoxy) is 1. The fraction of sp³-hybridized carbons (Fsp3) is 0.636. The number of aromatic nitrogens is 2. The number of morpholine rings is 1. The van der Waals surface area contributed by atoms with Crippen LogP contribution in [0.5, 0.6) is 0 Å². The molecule has 1 unspecified atom stereocenters. The number of nitrogens with two attached hydrogens (primary N) is 1. The summed E-state index contributed by atoms with van der Waals surface area (Å²) in [6, 6.07) is 0. The molecule has 0 radical (unpaired) electrons. The first kappa shape index (κ1) is 11.3. The summed E-state index contributed by atoms with van der Waals surface area (Å²) in [6.07, 6.45) is 4.90. The van der Waals surface area contributed by atoms with Crippen molar-refractivity contribution in [1.82, 2.24) is 9.97 Å². The van der Waals surface area contributed by atoms with Crippen LogP contribution in [0.15, 0.2) is 12.4 Å². The van der Waals surface area contributed by atoms with Crippen LogP contribution in [0.1, 0.15) is 18.9 Å². The Morgan fingerprint density at radius 2 is 2.25 bits per heavy atom. The van der Waals surface area contributed by atoms with E-state index in [4.69, 9.17) is 10.5 Å². The maximum atomic E-state index is 5.61. The molecule has 0 amide bonds. The van der Waals surface area contributed by atoms with Gasteiger partial charge >= 0.3 is 0 Å². The molecule has 0 aromatic carbocycles. The van der Waals surface area contributed by atoms with Gasteiger partial charge in [-0.15, -0.1) is 0 Å². The molecule has 5 nitrogen and oxygen atoms in total. The highest BCUT2D eigenvalue weighted by atomic mass is 16.5. The molecule has 0 aliphatic carbocycles. The lowest BCUT2D eigenvalue weighted by molar-refractivity contribution is 0.0379. The zero-order chi connectivity index (χ0) is 11.4. The molecular formula is C11H18N4O. The van der Waals surface area contributed by atoms with Crippen LogP contribution in [0.4, 0.5) is 5.95 Å². The Labute approximate surface area is 95.6 Å². The molecule has 2 heterocycles. The van der Waals surface area contributed by atoms with Gasteiger partial charge in [-0.1, -0.05) is 6.92 Å². The van der Waals surface area contributed by atoms with Crippen LogP contribution < -0.4 is 10.6 Å². The molecule has 1 saturated heterocycles. The van der Waals surface area contributed by atoms with Crippen LogP contribution in [0.2, 0.25) is 0 Å². The van der Waals surface area contributed by atoms with Crippen molar-refractivity contribution in [2.75, 3.05) is 24.6 Å². The van der Waals surface area contributed by atoms with Crippen LogP contribution >= 0.6 is 0 Å². The molecule has 5 heteroatoms. The van der Waals surface area contributed by atoms with E-state index >= 15 is 0 Å². The van der Waals surface area contributed by atoms with E-state index in [9.17, 15) is 0 Å².